The summed E-state index contributed by atoms with van der Waals surface area (Å²) in [5.74, 6) is -0.116. The summed E-state index contributed by atoms with van der Waals surface area (Å²) in [5, 5.41) is 19.4. The number of fused-ring (bicyclic) bond motifs is 1. The Morgan fingerprint density at radius 2 is 1.83 bits per heavy atom. The summed E-state index contributed by atoms with van der Waals surface area (Å²) in [7, 11) is 0. The molecule has 0 aliphatic carbocycles. The van der Waals surface area contributed by atoms with Crippen LogP contribution in [-0.2, 0) is 10.2 Å². The Bertz CT molecular complexity index is 492. The van der Waals surface area contributed by atoms with Crippen molar-refractivity contribution in [1.82, 2.24) is 0 Å². The molecule has 1 heterocycles. The molecule has 4 nitrogen and oxygen atoms in total. The molecule has 1 aliphatic rings. The van der Waals surface area contributed by atoms with Crippen LogP contribution in [0.15, 0.2) is 18.2 Å². The highest BCUT2D eigenvalue weighted by Crippen LogP contribution is 2.43. The zero-order chi connectivity index (χ0) is 13.7. The number of amides is 1. The van der Waals surface area contributed by atoms with Gasteiger partial charge in [0, 0.05) is 0 Å². The molecular formula is C14H19NO3. The third kappa shape index (κ3) is 1.72. The smallest absolute Gasteiger partial charge is 0.239 e. The average Bonchev–Trinajstić information content (AvgIpc) is 2.47. The number of hydrogen-bond donors (Lipinski definition) is 2. The highest BCUT2D eigenvalue weighted by molar-refractivity contribution is 6.07. The average molecular weight is 249 g/mol. The van der Waals surface area contributed by atoms with Gasteiger partial charge in [0.2, 0.25) is 5.91 Å². The minimum absolute atomic E-state index is 0.116. The Kier molecular flexibility index (Phi) is 2.95. The summed E-state index contributed by atoms with van der Waals surface area (Å²) in [4.78, 5) is 13.7. The summed E-state index contributed by atoms with van der Waals surface area (Å²) < 4.78 is 0. The monoisotopic (exact) mass is 249 g/mol. The van der Waals surface area contributed by atoms with Gasteiger partial charge in [0.05, 0.1) is 17.2 Å². The Morgan fingerprint density at radius 1 is 1.22 bits per heavy atom. The van der Waals surface area contributed by atoms with Crippen LogP contribution in [0.3, 0.4) is 0 Å². The maximum Gasteiger partial charge on any atom is 0.239 e. The van der Waals surface area contributed by atoms with E-state index in [1.165, 1.54) is 4.90 Å². The molecule has 2 atom stereocenters. The molecule has 2 rings (SSSR count). The van der Waals surface area contributed by atoms with Crippen molar-refractivity contribution < 1.29 is 15.0 Å². The molecule has 0 spiro atoms. The molecule has 0 fully saturated rings. The highest BCUT2D eigenvalue weighted by Gasteiger charge is 2.45. The van der Waals surface area contributed by atoms with Crippen LogP contribution in [0.2, 0.25) is 0 Å². The molecule has 1 aliphatic heterocycles. The summed E-state index contributed by atoms with van der Waals surface area (Å²) in [6.45, 7) is 6.94. The second-order valence-electron chi connectivity index (χ2n) is 5.38. The Morgan fingerprint density at radius 3 is 2.33 bits per heavy atom. The van der Waals surface area contributed by atoms with Gasteiger partial charge in [0.15, 0.2) is 0 Å². The van der Waals surface area contributed by atoms with Crippen molar-refractivity contribution in [1.29, 1.82) is 0 Å². The van der Waals surface area contributed by atoms with E-state index in [9.17, 15) is 15.0 Å². The number of aliphatic hydroxyl groups is 2. The number of carbonyl (C=O) groups excluding carboxylic acids is 1. The minimum Gasteiger partial charge on any atom is -0.389 e. The lowest BCUT2D eigenvalue weighted by molar-refractivity contribution is -0.123. The molecule has 1 aromatic carbocycles. The van der Waals surface area contributed by atoms with Crippen LogP contribution in [0.1, 0.15) is 44.9 Å². The first kappa shape index (κ1) is 13.1. The van der Waals surface area contributed by atoms with Gasteiger partial charge in [-0.15, -0.1) is 0 Å². The maximum atomic E-state index is 12.3. The Labute approximate surface area is 107 Å². The molecule has 4 heteroatoms. The molecule has 1 aromatic rings. The first-order chi connectivity index (χ1) is 8.26. The standard InChI is InChI=1S/C14H19NO3/c1-8(16)10-5-6-11-12(7-10)15(9(2)17)13(18)14(11,3)4/h5-9,16-17H,1-4H3. The van der Waals surface area contributed by atoms with E-state index in [0.29, 0.717) is 5.69 Å². The van der Waals surface area contributed by atoms with Crippen LogP contribution < -0.4 is 4.90 Å². The Balaban J connectivity index is 2.62. The number of benzene rings is 1. The summed E-state index contributed by atoms with van der Waals surface area (Å²) in [6, 6.07) is 5.46. The van der Waals surface area contributed by atoms with Crippen LogP contribution in [0.25, 0.3) is 0 Å². The molecule has 0 radical (unpaired) electrons. The summed E-state index contributed by atoms with van der Waals surface area (Å²) in [6.07, 6.45) is -1.47. The molecule has 0 saturated carbocycles. The fraction of sp³-hybridized carbons (Fsp3) is 0.500. The van der Waals surface area contributed by atoms with E-state index < -0.39 is 17.7 Å². The maximum absolute atomic E-state index is 12.3. The lowest BCUT2D eigenvalue weighted by Gasteiger charge is -2.23. The lowest BCUT2D eigenvalue weighted by atomic mass is 9.85. The van der Waals surface area contributed by atoms with Crippen LogP contribution in [0, 0.1) is 0 Å². The van der Waals surface area contributed by atoms with Gasteiger partial charge in [0.25, 0.3) is 0 Å². The van der Waals surface area contributed by atoms with E-state index in [4.69, 9.17) is 0 Å². The van der Waals surface area contributed by atoms with Crippen molar-refractivity contribution in [3.63, 3.8) is 0 Å². The van der Waals surface area contributed by atoms with Gasteiger partial charge in [-0.2, -0.15) is 0 Å². The van der Waals surface area contributed by atoms with E-state index in [1.54, 1.807) is 19.9 Å². The van der Waals surface area contributed by atoms with Crippen LogP contribution in [-0.4, -0.2) is 22.3 Å². The molecule has 2 N–H and O–H groups in total. The number of nitrogens with zero attached hydrogens (tertiary/aromatic N) is 1. The van der Waals surface area contributed by atoms with E-state index in [0.717, 1.165) is 11.1 Å². The molecule has 0 saturated heterocycles. The van der Waals surface area contributed by atoms with Gasteiger partial charge >= 0.3 is 0 Å². The quantitative estimate of drug-likeness (QED) is 0.838. The number of carbonyl (C=O) groups is 1. The summed E-state index contributed by atoms with van der Waals surface area (Å²) >= 11 is 0. The zero-order valence-corrected chi connectivity index (χ0v) is 11.1. The molecular weight excluding hydrogens is 230 g/mol. The molecule has 18 heavy (non-hydrogen) atoms. The van der Waals surface area contributed by atoms with Crippen LogP contribution >= 0.6 is 0 Å². The molecule has 0 bridgehead atoms. The van der Waals surface area contributed by atoms with Crippen molar-refractivity contribution in [2.45, 2.75) is 45.4 Å². The van der Waals surface area contributed by atoms with E-state index in [-0.39, 0.29) is 5.91 Å². The topological polar surface area (TPSA) is 60.8 Å². The predicted molar refractivity (Wildman–Crippen MR) is 69.3 cm³/mol. The predicted octanol–water partition coefficient (Wildman–Crippen LogP) is 1.70. The first-order valence-electron chi connectivity index (χ1n) is 6.11. The minimum atomic E-state index is -0.873. The van der Waals surface area contributed by atoms with Crippen molar-refractivity contribution in [2.75, 3.05) is 4.90 Å². The van der Waals surface area contributed by atoms with E-state index in [2.05, 4.69) is 0 Å². The fourth-order valence-electron chi connectivity index (χ4n) is 2.43. The van der Waals surface area contributed by atoms with Crippen LogP contribution in [0.4, 0.5) is 5.69 Å². The van der Waals surface area contributed by atoms with Gasteiger partial charge in [-0.05, 0) is 44.9 Å². The number of aliphatic hydroxyl groups excluding tert-OH is 2. The zero-order valence-electron chi connectivity index (χ0n) is 11.1. The largest absolute Gasteiger partial charge is 0.389 e. The third-order valence-corrected chi connectivity index (χ3v) is 3.56. The van der Waals surface area contributed by atoms with Crippen molar-refractivity contribution in [3.8, 4) is 0 Å². The highest BCUT2D eigenvalue weighted by atomic mass is 16.3. The van der Waals surface area contributed by atoms with Crippen LogP contribution in [0.5, 0.6) is 0 Å². The third-order valence-electron chi connectivity index (χ3n) is 3.56. The van der Waals surface area contributed by atoms with Gasteiger partial charge in [0.1, 0.15) is 6.23 Å². The number of hydrogen-bond acceptors (Lipinski definition) is 3. The normalized spacial score (nSPS) is 20.8. The van der Waals surface area contributed by atoms with Gasteiger partial charge in [-0.1, -0.05) is 12.1 Å². The van der Waals surface area contributed by atoms with Crippen molar-refractivity contribution in [2.24, 2.45) is 0 Å². The number of anilines is 1. The second kappa shape index (κ2) is 4.07. The molecule has 0 aromatic heterocycles. The van der Waals surface area contributed by atoms with Gasteiger partial charge < -0.3 is 10.2 Å². The van der Waals surface area contributed by atoms with Gasteiger partial charge in [-0.25, -0.2) is 0 Å². The van der Waals surface area contributed by atoms with Crippen molar-refractivity contribution >= 4 is 11.6 Å². The number of rotatable bonds is 2. The van der Waals surface area contributed by atoms with E-state index >= 15 is 0 Å². The molecule has 1 amide bonds. The van der Waals surface area contributed by atoms with Crippen molar-refractivity contribution in [3.05, 3.63) is 29.3 Å². The van der Waals surface area contributed by atoms with Gasteiger partial charge in [-0.3, -0.25) is 9.69 Å². The molecule has 98 valence electrons. The second-order valence-corrected chi connectivity index (χ2v) is 5.38. The molecule has 2 unspecified atom stereocenters. The summed E-state index contributed by atoms with van der Waals surface area (Å²) in [5.41, 5.74) is 1.69. The first-order valence-corrected chi connectivity index (χ1v) is 6.11. The SMILES string of the molecule is CC(O)c1ccc2c(c1)N(C(C)O)C(=O)C2(C)C. The Hall–Kier alpha value is -1.39. The fourth-order valence-corrected chi connectivity index (χ4v) is 2.43. The lowest BCUT2D eigenvalue weighted by Crippen LogP contribution is -2.41. The van der Waals surface area contributed by atoms with E-state index in [1.807, 2.05) is 26.0 Å².